The molecule has 0 unspecified atom stereocenters. The third-order valence-electron chi connectivity index (χ3n) is 3.06. The predicted octanol–water partition coefficient (Wildman–Crippen LogP) is 2.53. The van der Waals surface area contributed by atoms with Gasteiger partial charge in [0.2, 0.25) is 0 Å². The molecule has 0 atom stereocenters. The molecule has 112 valence electrons. The van der Waals surface area contributed by atoms with E-state index >= 15 is 0 Å². The molecule has 0 bridgehead atoms. The maximum Gasteiger partial charge on any atom is 0.263 e. The number of carbonyl (C=O) groups is 1. The number of nitrogens with zero attached hydrogens (tertiary/aromatic N) is 1. The summed E-state index contributed by atoms with van der Waals surface area (Å²) in [6.07, 6.45) is 5.38. The van der Waals surface area contributed by atoms with Gasteiger partial charge < -0.3 is 10.6 Å². The van der Waals surface area contributed by atoms with Gasteiger partial charge in [-0.3, -0.25) is 4.79 Å². The summed E-state index contributed by atoms with van der Waals surface area (Å²) in [7, 11) is 0. The number of nitriles is 1. The molecular formula is C17H23N3O. The summed E-state index contributed by atoms with van der Waals surface area (Å²) in [5.41, 5.74) is 1.42. The van der Waals surface area contributed by atoms with Crippen LogP contribution in [0, 0.1) is 11.3 Å². The molecule has 4 heteroatoms. The summed E-state index contributed by atoms with van der Waals surface area (Å²) in [4.78, 5) is 11.7. The topological polar surface area (TPSA) is 64.9 Å². The van der Waals surface area contributed by atoms with E-state index in [-0.39, 0.29) is 11.5 Å². The van der Waals surface area contributed by atoms with E-state index in [0.717, 1.165) is 32.2 Å². The van der Waals surface area contributed by atoms with Crippen molar-refractivity contribution in [2.24, 2.45) is 0 Å². The van der Waals surface area contributed by atoms with Gasteiger partial charge in [-0.25, -0.2) is 0 Å². The maximum absolute atomic E-state index is 11.7. The summed E-state index contributed by atoms with van der Waals surface area (Å²) in [6, 6.07) is 12.2. The van der Waals surface area contributed by atoms with E-state index in [2.05, 4.69) is 29.7 Å². The van der Waals surface area contributed by atoms with Crippen LogP contribution in [0.4, 0.5) is 0 Å². The number of hydrogen-bond donors (Lipinski definition) is 2. The second-order valence-corrected chi connectivity index (χ2v) is 4.82. The van der Waals surface area contributed by atoms with Gasteiger partial charge in [-0.05, 0) is 24.8 Å². The largest absolute Gasteiger partial charge is 0.390 e. The SMILES string of the molecule is CCCCNC(=O)/C(C#N)=C\NCCCc1ccccc1. The van der Waals surface area contributed by atoms with Gasteiger partial charge in [0.15, 0.2) is 0 Å². The number of carbonyl (C=O) groups excluding carboxylic acids is 1. The van der Waals surface area contributed by atoms with E-state index < -0.39 is 0 Å². The quantitative estimate of drug-likeness (QED) is 0.416. The fourth-order valence-electron chi connectivity index (χ4n) is 1.84. The van der Waals surface area contributed by atoms with Crippen molar-refractivity contribution in [1.82, 2.24) is 10.6 Å². The summed E-state index contributed by atoms with van der Waals surface area (Å²) >= 11 is 0. The molecule has 0 aliphatic heterocycles. The number of aryl methyl sites for hydroxylation is 1. The molecular weight excluding hydrogens is 262 g/mol. The van der Waals surface area contributed by atoms with Crippen molar-refractivity contribution in [3.8, 4) is 6.07 Å². The Balaban J connectivity index is 2.26. The van der Waals surface area contributed by atoms with Crippen LogP contribution < -0.4 is 10.6 Å². The number of amides is 1. The highest BCUT2D eigenvalue weighted by atomic mass is 16.1. The lowest BCUT2D eigenvalue weighted by Crippen LogP contribution is -2.26. The Morgan fingerprint density at radius 1 is 1.24 bits per heavy atom. The van der Waals surface area contributed by atoms with E-state index in [1.807, 2.05) is 24.3 Å². The first-order valence-corrected chi connectivity index (χ1v) is 7.43. The van der Waals surface area contributed by atoms with E-state index in [0.29, 0.717) is 6.54 Å². The fraction of sp³-hybridized carbons (Fsp3) is 0.412. The molecule has 21 heavy (non-hydrogen) atoms. The monoisotopic (exact) mass is 285 g/mol. The van der Waals surface area contributed by atoms with Gasteiger partial charge >= 0.3 is 0 Å². The fourth-order valence-corrected chi connectivity index (χ4v) is 1.84. The van der Waals surface area contributed by atoms with Gasteiger partial charge in [-0.2, -0.15) is 5.26 Å². The third-order valence-corrected chi connectivity index (χ3v) is 3.06. The second kappa shape index (κ2) is 10.5. The van der Waals surface area contributed by atoms with E-state index in [9.17, 15) is 4.79 Å². The molecule has 0 heterocycles. The van der Waals surface area contributed by atoms with Gasteiger partial charge in [0.1, 0.15) is 11.6 Å². The predicted molar refractivity (Wildman–Crippen MR) is 84.4 cm³/mol. The maximum atomic E-state index is 11.7. The van der Waals surface area contributed by atoms with Crippen LogP contribution in [0.15, 0.2) is 42.1 Å². The Hall–Kier alpha value is -2.28. The first-order valence-electron chi connectivity index (χ1n) is 7.43. The molecule has 1 amide bonds. The lowest BCUT2D eigenvalue weighted by atomic mass is 10.1. The Morgan fingerprint density at radius 2 is 2.00 bits per heavy atom. The molecule has 1 rings (SSSR count). The van der Waals surface area contributed by atoms with Gasteiger partial charge in [0.05, 0.1) is 0 Å². The van der Waals surface area contributed by atoms with Crippen LogP contribution in [-0.4, -0.2) is 19.0 Å². The molecule has 1 aromatic carbocycles. The van der Waals surface area contributed by atoms with E-state index in [4.69, 9.17) is 5.26 Å². The van der Waals surface area contributed by atoms with Crippen molar-refractivity contribution in [2.45, 2.75) is 32.6 Å². The second-order valence-electron chi connectivity index (χ2n) is 4.82. The van der Waals surface area contributed by atoms with Crippen molar-refractivity contribution in [3.05, 3.63) is 47.7 Å². The Morgan fingerprint density at radius 3 is 2.67 bits per heavy atom. The van der Waals surface area contributed by atoms with Gasteiger partial charge in [-0.15, -0.1) is 0 Å². The van der Waals surface area contributed by atoms with E-state index in [1.54, 1.807) is 0 Å². The van der Waals surface area contributed by atoms with Gasteiger partial charge in [0, 0.05) is 19.3 Å². The van der Waals surface area contributed by atoms with Crippen LogP contribution in [0.5, 0.6) is 0 Å². The van der Waals surface area contributed by atoms with Crippen molar-refractivity contribution < 1.29 is 4.79 Å². The highest BCUT2D eigenvalue weighted by Crippen LogP contribution is 2.01. The van der Waals surface area contributed by atoms with Crippen molar-refractivity contribution >= 4 is 5.91 Å². The summed E-state index contributed by atoms with van der Waals surface area (Å²) in [5.74, 6) is -0.304. The van der Waals surface area contributed by atoms with Crippen LogP contribution in [-0.2, 0) is 11.2 Å². The van der Waals surface area contributed by atoms with Crippen molar-refractivity contribution in [3.63, 3.8) is 0 Å². The summed E-state index contributed by atoms with van der Waals surface area (Å²) in [6.45, 7) is 3.41. The first kappa shape index (κ1) is 16.8. The molecule has 0 aliphatic rings. The molecule has 0 saturated carbocycles. The number of unbranched alkanes of at least 4 members (excludes halogenated alkanes) is 1. The van der Waals surface area contributed by atoms with Gasteiger partial charge in [-0.1, -0.05) is 43.7 Å². The summed E-state index contributed by atoms with van der Waals surface area (Å²) < 4.78 is 0. The zero-order chi connectivity index (χ0) is 15.3. The van der Waals surface area contributed by atoms with Crippen LogP contribution >= 0.6 is 0 Å². The zero-order valence-electron chi connectivity index (χ0n) is 12.6. The van der Waals surface area contributed by atoms with Crippen LogP contribution in [0.1, 0.15) is 31.7 Å². The molecule has 0 radical (unpaired) electrons. The minimum absolute atomic E-state index is 0.130. The molecule has 0 fully saturated rings. The van der Waals surface area contributed by atoms with Crippen LogP contribution in [0.25, 0.3) is 0 Å². The highest BCUT2D eigenvalue weighted by Gasteiger charge is 2.06. The summed E-state index contributed by atoms with van der Waals surface area (Å²) in [5, 5.41) is 14.7. The number of nitrogens with one attached hydrogen (secondary N) is 2. The van der Waals surface area contributed by atoms with Crippen molar-refractivity contribution in [1.29, 1.82) is 5.26 Å². The lowest BCUT2D eigenvalue weighted by molar-refractivity contribution is -0.117. The molecule has 4 nitrogen and oxygen atoms in total. The minimum Gasteiger partial charge on any atom is -0.390 e. The van der Waals surface area contributed by atoms with Crippen molar-refractivity contribution in [2.75, 3.05) is 13.1 Å². The van der Waals surface area contributed by atoms with Crippen LogP contribution in [0.3, 0.4) is 0 Å². The Kier molecular flexibility index (Phi) is 8.39. The molecule has 0 aliphatic carbocycles. The number of hydrogen-bond acceptors (Lipinski definition) is 3. The average molecular weight is 285 g/mol. The minimum atomic E-state index is -0.304. The standard InChI is InChI=1S/C17H23N3O/c1-2-3-12-20-17(21)16(13-18)14-19-11-7-10-15-8-5-4-6-9-15/h4-6,8-9,14,19H,2-3,7,10-12H2,1H3,(H,20,21)/b16-14-. The molecule has 1 aromatic rings. The number of rotatable bonds is 9. The molecule has 2 N–H and O–H groups in total. The molecule has 0 saturated heterocycles. The zero-order valence-corrected chi connectivity index (χ0v) is 12.6. The Bertz CT molecular complexity index is 489. The Labute approximate surface area is 126 Å². The molecule has 0 aromatic heterocycles. The average Bonchev–Trinajstić information content (AvgIpc) is 2.52. The van der Waals surface area contributed by atoms with Crippen LogP contribution in [0.2, 0.25) is 0 Å². The lowest BCUT2D eigenvalue weighted by Gasteiger charge is -2.04. The number of benzene rings is 1. The smallest absolute Gasteiger partial charge is 0.263 e. The molecule has 0 spiro atoms. The normalized spacial score (nSPS) is 10.8. The highest BCUT2D eigenvalue weighted by molar-refractivity contribution is 5.97. The van der Waals surface area contributed by atoms with E-state index in [1.165, 1.54) is 11.8 Å². The third kappa shape index (κ3) is 7.17. The van der Waals surface area contributed by atoms with Gasteiger partial charge in [0.25, 0.3) is 5.91 Å². The first-order chi connectivity index (χ1) is 10.3.